The zero-order valence-electron chi connectivity index (χ0n) is 14.9. The van der Waals surface area contributed by atoms with Crippen LogP contribution >= 0.6 is 22.7 Å². The summed E-state index contributed by atoms with van der Waals surface area (Å²) in [5.74, 6) is 0. The number of aryl methyl sites for hydroxylation is 2. The summed E-state index contributed by atoms with van der Waals surface area (Å²) < 4.78 is 5.75. The van der Waals surface area contributed by atoms with Gasteiger partial charge < -0.3 is 9.64 Å². The maximum absolute atomic E-state index is 12.9. The molecule has 1 fully saturated rings. The standard InChI is InChI=1S/C19H25N3O2S2/c23-19(21-18-20-16-8-2-1-3-9-17(16)26-18)22(12-14-6-4-10-24-14)13-15-7-5-11-25-15/h5,7,11,14H,1-4,6,8-10,12-13H2,(H,20,21,23). The van der Waals surface area contributed by atoms with Crippen molar-refractivity contribution in [2.24, 2.45) is 0 Å². The Morgan fingerprint density at radius 3 is 3.04 bits per heavy atom. The number of nitrogens with one attached hydrogen (secondary N) is 1. The SMILES string of the molecule is O=C(Nc1nc2c(s1)CCCCC2)N(Cc1cccs1)CC1CCCO1. The Morgan fingerprint density at radius 1 is 1.31 bits per heavy atom. The monoisotopic (exact) mass is 391 g/mol. The normalized spacial score (nSPS) is 19.8. The summed E-state index contributed by atoms with van der Waals surface area (Å²) in [5, 5.41) is 5.84. The summed E-state index contributed by atoms with van der Waals surface area (Å²) in [5.41, 5.74) is 1.19. The Kier molecular flexibility index (Phi) is 5.87. The van der Waals surface area contributed by atoms with E-state index in [-0.39, 0.29) is 12.1 Å². The maximum Gasteiger partial charge on any atom is 0.324 e. The van der Waals surface area contributed by atoms with Gasteiger partial charge in [-0.15, -0.1) is 22.7 Å². The van der Waals surface area contributed by atoms with Gasteiger partial charge in [-0.25, -0.2) is 9.78 Å². The third kappa shape index (κ3) is 4.45. The van der Waals surface area contributed by atoms with Crippen LogP contribution in [0.25, 0.3) is 0 Å². The first-order valence-electron chi connectivity index (χ1n) is 9.46. The van der Waals surface area contributed by atoms with Gasteiger partial charge in [-0.2, -0.15) is 0 Å². The van der Waals surface area contributed by atoms with E-state index in [9.17, 15) is 4.79 Å². The number of anilines is 1. The minimum atomic E-state index is -0.0715. The van der Waals surface area contributed by atoms with Gasteiger partial charge in [0.1, 0.15) is 0 Å². The molecule has 0 spiro atoms. The van der Waals surface area contributed by atoms with Crippen LogP contribution in [-0.4, -0.2) is 35.2 Å². The molecule has 2 amide bonds. The Balaban J connectivity index is 1.44. The number of urea groups is 1. The van der Waals surface area contributed by atoms with E-state index < -0.39 is 0 Å². The molecule has 26 heavy (non-hydrogen) atoms. The van der Waals surface area contributed by atoms with Crippen molar-refractivity contribution in [1.82, 2.24) is 9.88 Å². The average molecular weight is 392 g/mol. The maximum atomic E-state index is 12.9. The summed E-state index contributed by atoms with van der Waals surface area (Å²) in [4.78, 5) is 22.0. The summed E-state index contributed by atoms with van der Waals surface area (Å²) in [7, 11) is 0. The summed E-state index contributed by atoms with van der Waals surface area (Å²) >= 11 is 3.33. The smallest absolute Gasteiger partial charge is 0.324 e. The highest BCUT2D eigenvalue weighted by atomic mass is 32.1. The van der Waals surface area contributed by atoms with Gasteiger partial charge in [0.05, 0.1) is 18.3 Å². The lowest BCUT2D eigenvalue weighted by Gasteiger charge is -2.24. The van der Waals surface area contributed by atoms with E-state index in [4.69, 9.17) is 9.72 Å². The molecule has 1 saturated heterocycles. The largest absolute Gasteiger partial charge is 0.376 e. The number of thiophene rings is 1. The molecule has 7 heteroatoms. The zero-order valence-corrected chi connectivity index (χ0v) is 16.5. The molecule has 0 saturated carbocycles. The van der Waals surface area contributed by atoms with Crippen LogP contribution in [0.2, 0.25) is 0 Å². The molecule has 1 unspecified atom stereocenters. The van der Waals surface area contributed by atoms with E-state index in [0.29, 0.717) is 13.1 Å². The molecule has 2 aromatic rings. The first kappa shape index (κ1) is 17.9. The van der Waals surface area contributed by atoms with Gasteiger partial charge in [0, 0.05) is 22.9 Å². The fraction of sp³-hybridized carbons (Fsp3) is 0.579. The van der Waals surface area contributed by atoms with Crippen LogP contribution < -0.4 is 5.32 Å². The zero-order chi connectivity index (χ0) is 17.8. The lowest BCUT2D eigenvalue weighted by atomic mass is 10.2. The van der Waals surface area contributed by atoms with E-state index in [1.165, 1.54) is 34.7 Å². The van der Waals surface area contributed by atoms with E-state index in [0.717, 1.165) is 37.4 Å². The predicted octanol–water partition coefficient (Wildman–Crippen LogP) is 4.69. The van der Waals surface area contributed by atoms with Crippen molar-refractivity contribution >= 4 is 33.8 Å². The van der Waals surface area contributed by atoms with Crippen molar-refractivity contribution in [3.8, 4) is 0 Å². The third-order valence-corrected chi connectivity index (χ3v) is 6.91. The second-order valence-electron chi connectivity index (χ2n) is 6.97. The number of carbonyl (C=O) groups excluding carboxylic acids is 1. The van der Waals surface area contributed by atoms with Crippen molar-refractivity contribution in [3.05, 3.63) is 33.0 Å². The second kappa shape index (κ2) is 8.50. The molecule has 2 aliphatic rings. The molecular formula is C19H25N3O2S2. The van der Waals surface area contributed by atoms with Gasteiger partial charge in [-0.1, -0.05) is 12.5 Å². The molecule has 0 radical (unpaired) electrons. The predicted molar refractivity (Wildman–Crippen MR) is 106 cm³/mol. The second-order valence-corrected chi connectivity index (χ2v) is 9.09. The third-order valence-electron chi connectivity index (χ3n) is 4.97. The molecule has 0 aromatic carbocycles. The van der Waals surface area contributed by atoms with Gasteiger partial charge in [-0.05, 0) is 50.0 Å². The first-order chi connectivity index (χ1) is 12.8. The van der Waals surface area contributed by atoms with Crippen LogP contribution in [0.3, 0.4) is 0 Å². The Hall–Kier alpha value is -1.44. The fourth-order valence-corrected chi connectivity index (χ4v) is 5.36. The molecule has 140 valence electrons. The van der Waals surface area contributed by atoms with E-state index in [1.54, 1.807) is 22.7 Å². The molecule has 1 aliphatic heterocycles. The van der Waals surface area contributed by atoms with Crippen LogP contribution in [-0.2, 0) is 24.1 Å². The quantitative estimate of drug-likeness (QED) is 0.753. The summed E-state index contributed by atoms with van der Waals surface area (Å²) in [6, 6.07) is 4.03. The van der Waals surface area contributed by atoms with Crippen molar-refractivity contribution < 1.29 is 9.53 Å². The van der Waals surface area contributed by atoms with Crippen molar-refractivity contribution in [2.75, 3.05) is 18.5 Å². The van der Waals surface area contributed by atoms with Crippen molar-refractivity contribution in [3.63, 3.8) is 0 Å². The molecule has 3 heterocycles. The van der Waals surface area contributed by atoms with E-state index in [1.807, 2.05) is 11.0 Å². The molecule has 0 bridgehead atoms. The van der Waals surface area contributed by atoms with Crippen LogP contribution in [0.15, 0.2) is 17.5 Å². The van der Waals surface area contributed by atoms with Gasteiger partial charge in [-0.3, -0.25) is 5.32 Å². The minimum absolute atomic E-state index is 0.0715. The average Bonchev–Trinajstić information content (AvgIpc) is 3.36. The molecule has 1 atom stereocenters. The van der Waals surface area contributed by atoms with Crippen molar-refractivity contribution in [1.29, 1.82) is 0 Å². The molecule has 4 rings (SSSR count). The van der Waals surface area contributed by atoms with E-state index in [2.05, 4.69) is 16.8 Å². The number of rotatable bonds is 5. The highest BCUT2D eigenvalue weighted by Gasteiger charge is 2.24. The lowest BCUT2D eigenvalue weighted by Crippen LogP contribution is -2.39. The number of thiazole rings is 1. The molecule has 1 N–H and O–H groups in total. The molecule has 2 aromatic heterocycles. The highest BCUT2D eigenvalue weighted by Crippen LogP contribution is 2.29. The first-order valence-corrected chi connectivity index (χ1v) is 11.2. The minimum Gasteiger partial charge on any atom is -0.376 e. The van der Waals surface area contributed by atoms with Crippen LogP contribution in [0.4, 0.5) is 9.93 Å². The number of aromatic nitrogens is 1. The van der Waals surface area contributed by atoms with Crippen molar-refractivity contribution in [2.45, 2.75) is 57.6 Å². The number of hydrogen-bond donors (Lipinski definition) is 1. The van der Waals surface area contributed by atoms with Gasteiger partial charge in [0.25, 0.3) is 0 Å². The number of fused-ring (bicyclic) bond motifs is 1. The van der Waals surface area contributed by atoms with Gasteiger partial charge in [0.2, 0.25) is 0 Å². The van der Waals surface area contributed by atoms with Gasteiger partial charge in [0.15, 0.2) is 5.13 Å². The van der Waals surface area contributed by atoms with Crippen LogP contribution in [0, 0.1) is 0 Å². The van der Waals surface area contributed by atoms with E-state index >= 15 is 0 Å². The highest BCUT2D eigenvalue weighted by molar-refractivity contribution is 7.15. The number of carbonyl (C=O) groups is 1. The molecule has 5 nitrogen and oxygen atoms in total. The van der Waals surface area contributed by atoms with Crippen LogP contribution in [0.5, 0.6) is 0 Å². The Labute approximate surface area is 162 Å². The topological polar surface area (TPSA) is 54.5 Å². The number of nitrogens with zero attached hydrogens (tertiary/aromatic N) is 2. The fourth-order valence-electron chi connectivity index (χ4n) is 3.60. The summed E-state index contributed by atoms with van der Waals surface area (Å²) in [6.07, 6.45) is 8.10. The number of amides is 2. The van der Waals surface area contributed by atoms with Gasteiger partial charge >= 0.3 is 6.03 Å². The molecule has 1 aliphatic carbocycles. The molecular weight excluding hydrogens is 366 g/mol. The lowest BCUT2D eigenvalue weighted by molar-refractivity contribution is 0.0821. The summed E-state index contributed by atoms with van der Waals surface area (Å²) in [6.45, 7) is 2.06. The number of ether oxygens (including phenoxy) is 1. The Bertz CT molecular complexity index is 700. The van der Waals surface area contributed by atoms with Crippen LogP contribution in [0.1, 0.15) is 47.6 Å². The number of hydrogen-bond acceptors (Lipinski definition) is 5. The Morgan fingerprint density at radius 2 is 2.23 bits per heavy atom.